The number of aryl methyl sites for hydroxylation is 1. The molecule has 0 aliphatic heterocycles. The summed E-state index contributed by atoms with van der Waals surface area (Å²) in [6.07, 6.45) is 2.51. The van der Waals surface area contributed by atoms with Crippen LogP contribution in [-0.4, -0.2) is 27.0 Å². The third kappa shape index (κ3) is 2.23. The summed E-state index contributed by atoms with van der Waals surface area (Å²) < 4.78 is 0. The molecule has 2 aromatic heterocycles. The van der Waals surface area contributed by atoms with E-state index in [0.717, 1.165) is 23.3 Å². The van der Waals surface area contributed by atoms with Crippen molar-refractivity contribution in [2.24, 2.45) is 0 Å². The zero-order valence-corrected chi connectivity index (χ0v) is 9.63. The quantitative estimate of drug-likeness (QED) is 0.790. The van der Waals surface area contributed by atoms with Gasteiger partial charge in [0.15, 0.2) is 5.65 Å². The minimum absolute atomic E-state index is 0.622. The maximum absolute atomic E-state index is 4.32. The van der Waals surface area contributed by atoms with E-state index in [1.165, 1.54) is 0 Å². The maximum atomic E-state index is 4.32. The number of hydrogen-bond donors (Lipinski definition) is 2. The predicted molar refractivity (Wildman–Crippen MR) is 62.0 cm³/mol. The Balaban J connectivity index is 0.000000531. The lowest BCUT2D eigenvalue weighted by molar-refractivity contribution is 1.02. The first-order chi connectivity index (χ1) is 7.35. The molecule has 0 aliphatic carbocycles. The van der Waals surface area contributed by atoms with E-state index in [1.807, 2.05) is 13.8 Å². The lowest BCUT2D eigenvalue weighted by Gasteiger charge is -2.01. The van der Waals surface area contributed by atoms with E-state index in [-0.39, 0.29) is 0 Å². The van der Waals surface area contributed by atoms with Gasteiger partial charge in [0.2, 0.25) is 5.95 Å². The topological polar surface area (TPSA) is 66.5 Å². The molecule has 2 heterocycles. The van der Waals surface area contributed by atoms with Crippen LogP contribution in [0.15, 0.2) is 6.33 Å². The number of fused-ring (bicyclic) bond motifs is 1. The van der Waals surface area contributed by atoms with Crippen molar-refractivity contribution in [1.29, 1.82) is 0 Å². The lowest BCUT2D eigenvalue weighted by atomic mass is 10.3. The molecule has 5 nitrogen and oxygen atoms in total. The van der Waals surface area contributed by atoms with Crippen LogP contribution in [0, 0.1) is 0 Å². The fourth-order valence-electron chi connectivity index (χ4n) is 1.26. The Bertz CT molecular complexity index is 421. The van der Waals surface area contributed by atoms with E-state index >= 15 is 0 Å². The first-order valence-electron chi connectivity index (χ1n) is 5.23. The molecule has 5 heteroatoms. The van der Waals surface area contributed by atoms with Gasteiger partial charge in [-0.3, -0.25) is 0 Å². The van der Waals surface area contributed by atoms with Gasteiger partial charge in [0.05, 0.1) is 12.0 Å². The fraction of sp³-hybridized carbons (Fsp3) is 0.500. The van der Waals surface area contributed by atoms with E-state index < -0.39 is 0 Å². The highest BCUT2D eigenvalue weighted by Crippen LogP contribution is 2.13. The summed E-state index contributed by atoms with van der Waals surface area (Å²) in [4.78, 5) is 15.6. The molecule has 0 saturated carbocycles. The van der Waals surface area contributed by atoms with Crippen molar-refractivity contribution >= 4 is 17.1 Å². The van der Waals surface area contributed by atoms with Gasteiger partial charge in [-0.05, 0) is 6.42 Å². The van der Waals surface area contributed by atoms with Gasteiger partial charge in [-0.15, -0.1) is 0 Å². The molecule has 2 rings (SSSR count). The number of aromatic amines is 1. The normalized spacial score (nSPS) is 9.60. The Morgan fingerprint density at radius 2 is 2.07 bits per heavy atom. The molecule has 0 saturated heterocycles. The van der Waals surface area contributed by atoms with Crippen molar-refractivity contribution < 1.29 is 0 Å². The van der Waals surface area contributed by atoms with Crippen LogP contribution >= 0.6 is 0 Å². The summed E-state index contributed by atoms with van der Waals surface area (Å²) in [5.41, 5.74) is 2.64. The van der Waals surface area contributed by atoms with Gasteiger partial charge >= 0.3 is 0 Å². The highest BCUT2D eigenvalue weighted by atomic mass is 15.1. The zero-order chi connectivity index (χ0) is 11.3. The number of nitrogens with zero attached hydrogens (tertiary/aromatic N) is 3. The van der Waals surface area contributed by atoms with Gasteiger partial charge in [-0.25, -0.2) is 9.97 Å². The number of hydrogen-bond acceptors (Lipinski definition) is 4. The van der Waals surface area contributed by atoms with Crippen molar-refractivity contribution in [1.82, 2.24) is 19.9 Å². The summed E-state index contributed by atoms with van der Waals surface area (Å²) in [5.74, 6) is 0.622. The average Bonchev–Trinajstić information content (AvgIpc) is 2.78. The number of rotatable bonds is 2. The number of imidazole rings is 1. The van der Waals surface area contributed by atoms with Gasteiger partial charge in [-0.1, -0.05) is 20.8 Å². The van der Waals surface area contributed by atoms with E-state index in [0.29, 0.717) is 5.95 Å². The summed E-state index contributed by atoms with van der Waals surface area (Å²) in [6, 6.07) is 0. The van der Waals surface area contributed by atoms with Gasteiger partial charge in [0.25, 0.3) is 0 Å². The molecule has 0 spiro atoms. The highest BCUT2D eigenvalue weighted by molar-refractivity contribution is 5.73. The molecule has 2 aromatic rings. The molecule has 0 aliphatic rings. The smallest absolute Gasteiger partial charge is 0.224 e. The summed E-state index contributed by atoms with van der Waals surface area (Å²) >= 11 is 0. The summed E-state index contributed by atoms with van der Waals surface area (Å²) in [6.45, 7) is 6.06. The van der Waals surface area contributed by atoms with Crippen LogP contribution in [0.4, 0.5) is 5.95 Å². The van der Waals surface area contributed by atoms with Gasteiger partial charge in [0.1, 0.15) is 5.52 Å². The molecule has 0 atom stereocenters. The van der Waals surface area contributed by atoms with Crippen molar-refractivity contribution in [2.45, 2.75) is 27.2 Å². The van der Waals surface area contributed by atoms with E-state index in [4.69, 9.17) is 0 Å². The van der Waals surface area contributed by atoms with E-state index in [1.54, 1.807) is 13.4 Å². The minimum Gasteiger partial charge on any atom is -0.357 e. The SMILES string of the molecule is CC.CCc1nc(NC)nc2nc[nH]c12. The number of nitrogens with one attached hydrogen (secondary N) is 2. The molecule has 0 bridgehead atoms. The third-order valence-corrected chi connectivity index (χ3v) is 1.92. The average molecular weight is 207 g/mol. The second-order valence-corrected chi connectivity index (χ2v) is 2.70. The maximum Gasteiger partial charge on any atom is 0.224 e. The molecular formula is C10H17N5. The van der Waals surface area contributed by atoms with Crippen LogP contribution in [0.2, 0.25) is 0 Å². The van der Waals surface area contributed by atoms with Crippen LogP contribution in [0.5, 0.6) is 0 Å². The van der Waals surface area contributed by atoms with Crippen molar-refractivity contribution in [3.63, 3.8) is 0 Å². The largest absolute Gasteiger partial charge is 0.357 e. The van der Waals surface area contributed by atoms with E-state index in [2.05, 4.69) is 32.2 Å². The van der Waals surface area contributed by atoms with Crippen molar-refractivity contribution in [2.75, 3.05) is 12.4 Å². The van der Waals surface area contributed by atoms with Crippen molar-refractivity contribution in [3.8, 4) is 0 Å². The Morgan fingerprint density at radius 3 is 2.67 bits per heavy atom. The Labute approximate surface area is 89.4 Å². The third-order valence-electron chi connectivity index (χ3n) is 1.92. The zero-order valence-electron chi connectivity index (χ0n) is 9.63. The Hall–Kier alpha value is -1.65. The van der Waals surface area contributed by atoms with Crippen LogP contribution in [0.25, 0.3) is 11.2 Å². The van der Waals surface area contributed by atoms with Gasteiger partial charge in [-0.2, -0.15) is 4.98 Å². The standard InChI is InChI=1S/C8H11N5.C2H6/c1-3-5-6-7(11-4-10-6)13-8(9-2)12-5;1-2/h4H,3H2,1-2H3,(H2,9,10,11,12,13);1-2H3. The molecule has 82 valence electrons. The molecule has 0 amide bonds. The van der Waals surface area contributed by atoms with Crippen LogP contribution in [0.1, 0.15) is 26.5 Å². The second kappa shape index (κ2) is 5.29. The number of H-pyrrole nitrogens is 1. The van der Waals surface area contributed by atoms with Gasteiger partial charge < -0.3 is 10.3 Å². The number of aromatic nitrogens is 4. The van der Waals surface area contributed by atoms with Crippen LogP contribution in [0.3, 0.4) is 0 Å². The van der Waals surface area contributed by atoms with Crippen LogP contribution < -0.4 is 5.32 Å². The first kappa shape index (κ1) is 11.4. The molecule has 15 heavy (non-hydrogen) atoms. The lowest BCUT2D eigenvalue weighted by Crippen LogP contribution is -2.00. The minimum atomic E-state index is 0.622. The van der Waals surface area contributed by atoms with Crippen LogP contribution in [-0.2, 0) is 6.42 Å². The Morgan fingerprint density at radius 1 is 1.33 bits per heavy atom. The van der Waals surface area contributed by atoms with Crippen molar-refractivity contribution in [3.05, 3.63) is 12.0 Å². The summed E-state index contributed by atoms with van der Waals surface area (Å²) in [7, 11) is 1.80. The molecule has 0 unspecified atom stereocenters. The molecule has 0 radical (unpaired) electrons. The Kier molecular flexibility index (Phi) is 4.03. The molecule has 0 fully saturated rings. The van der Waals surface area contributed by atoms with E-state index in [9.17, 15) is 0 Å². The first-order valence-corrected chi connectivity index (χ1v) is 5.23. The van der Waals surface area contributed by atoms with Gasteiger partial charge in [0, 0.05) is 7.05 Å². The highest BCUT2D eigenvalue weighted by Gasteiger charge is 2.06. The second-order valence-electron chi connectivity index (χ2n) is 2.70. The number of anilines is 1. The predicted octanol–water partition coefficient (Wildman–Crippen LogP) is 1.98. The molecule has 2 N–H and O–H groups in total. The molecule has 0 aromatic carbocycles. The monoisotopic (exact) mass is 207 g/mol. The molecular weight excluding hydrogens is 190 g/mol. The fourth-order valence-corrected chi connectivity index (χ4v) is 1.26. The summed E-state index contributed by atoms with van der Waals surface area (Å²) in [5, 5.41) is 2.91.